The Balaban J connectivity index is 1.30. The monoisotopic (exact) mass is 640 g/mol. The molecule has 0 unspecified atom stereocenters. The molecule has 2 heterocycles. The fourth-order valence-corrected chi connectivity index (χ4v) is 9.33. The number of hydrogen-bond donors (Lipinski definition) is 0. The van der Waals surface area contributed by atoms with Crippen molar-refractivity contribution in [2.45, 2.75) is 0 Å². The second-order valence-electron chi connectivity index (χ2n) is 12.9. The van der Waals surface area contributed by atoms with Gasteiger partial charge in [-0.2, -0.15) is 0 Å². The maximum Gasteiger partial charge on any atom is 0.0568 e. The summed E-state index contributed by atoms with van der Waals surface area (Å²) < 4.78 is 5.10. The summed E-state index contributed by atoms with van der Waals surface area (Å²) in [5.74, 6) is 0. The van der Waals surface area contributed by atoms with E-state index in [9.17, 15) is 0 Å². The lowest BCUT2D eigenvalue weighted by Gasteiger charge is -2.27. The van der Waals surface area contributed by atoms with Gasteiger partial charge in [-0.3, -0.25) is 0 Å². The van der Waals surface area contributed by atoms with Crippen molar-refractivity contribution in [1.82, 2.24) is 4.57 Å². The van der Waals surface area contributed by atoms with E-state index in [2.05, 4.69) is 179 Å². The molecular formula is C46H28N2S. The van der Waals surface area contributed by atoms with E-state index >= 15 is 0 Å². The molecule has 11 rings (SSSR count). The van der Waals surface area contributed by atoms with Crippen molar-refractivity contribution in [2.75, 3.05) is 4.90 Å². The van der Waals surface area contributed by atoms with E-state index in [1.807, 2.05) is 11.3 Å². The first kappa shape index (κ1) is 26.9. The molecule has 0 radical (unpaired) electrons. The minimum atomic E-state index is 1.13. The fourth-order valence-electron chi connectivity index (χ4n) is 8.24. The van der Waals surface area contributed by atoms with E-state index in [1.54, 1.807) is 0 Å². The van der Waals surface area contributed by atoms with E-state index in [-0.39, 0.29) is 0 Å². The lowest BCUT2D eigenvalue weighted by Crippen LogP contribution is -2.10. The molecule has 3 heteroatoms. The minimum Gasteiger partial charge on any atom is -0.310 e. The molecule has 0 fully saturated rings. The Kier molecular flexibility index (Phi) is 5.57. The van der Waals surface area contributed by atoms with Gasteiger partial charge in [0.1, 0.15) is 0 Å². The van der Waals surface area contributed by atoms with Crippen LogP contribution in [0.2, 0.25) is 0 Å². The third-order valence-electron chi connectivity index (χ3n) is 10.3. The second-order valence-corrected chi connectivity index (χ2v) is 14.0. The highest BCUT2D eigenvalue weighted by Gasteiger charge is 2.27. The lowest BCUT2D eigenvalue weighted by atomic mass is 9.93. The van der Waals surface area contributed by atoms with Crippen molar-refractivity contribution in [2.24, 2.45) is 0 Å². The zero-order valence-electron chi connectivity index (χ0n) is 26.5. The van der Waals surface area contributed by atoms with Gasteiger partial charge in [0, 0.05) is 53.7 Å². The summed E-state index contributed by atoms with van der Waals surface area (Å²) in [4.78, 5) is 2.44. The van der Waals surface area contributed by atoms with E-state index in [0.717, 1.165) is 22.7 Å². The third-order valence-corrected chi connectivity index (χ3v) is 11.4. The van der Waals surface area contributed by atoms with Gasteiger partial charge in [-0.1, -0.05) is 103 Å². The first-order valence-corrected chi connectivity index (χ1v) is 17.6. The minimum absolute atomic E-state index is 1.13. The first-order valence-electron chi connectivity index (χ1n) is 16.8. The second kappa shape index (κ2) is 10.2. The molecular weight excluding hydrogens is 613 g/mol. The highest BCUT2D eigenvalue weighted by atomic mass is 32.1. The van der Waals surface area contributed by atoms with Gasteiger partial charge in [0.2, 0.25) is 0 Å². The Morgan fingerprint density at radius 2 is 1.10 bits per heavy atom. The maximum absolute atomic E-state index is 2.47. The Morgan fingerprint density at radius 3 is 1.96 bits per heavy atom. The Hall–Kier alpha value is -6.16. The van der Waals surface area contributed by atoms with Crippen LogP contribution in [0.4, 0.5) is 17.1 Å². The first-order chi connectivity index (χ1) is 24.3. The Labute approximate surface area is 287 Å². The van der Waals surface area contributed by atoms with Crippen LogP contribution in [0.3, 0.4) is 0 Å². The van der Waals surface area contributed by atoms with Crippen molar-refractivity contribution >= 4 is 81.1 Å². The van der Waals surface area contributed by atoms with Crippen LogP contribution in [0.25, 0.3) is 80.7 Å². The summed E-state index contributed by atoms with van der Waals surface area (Å²) >= 11 is 1.86. The van der Waals surface area contributed by atoms with Gasteiger partial charge >= 0.3 is 0 Å². The van der Waals surface area contributed by atoms with Crippen LogP contribution in [0.5, 0.6) is 0 Å². The zero-order chi connectivity index (χ0) is 32.1. The van der Waals surface area contributed by atoms with Crippen LogP contribution >= 0.6 is 11.3 Å². The summed E-state index contributed by atoms with van der Waals surface area (Å²) in [6, 6.07) is 62.5. The van der Waals surface area contributed by atoms with Gasteiger partial charge in [-0.15, -0.1) is 11.3 Å². The van der Waals surface area contributed by atoms with E-state index < -0.39 is 0 Å². The number of aromatic nitrogens is 1. The smallest absolute Gasteiger partial charge is 0.0568 e. The van der Waals surface area contributed by atoms with Gasteiger partial charge < -0.3 is 9.47 Å². The Morgan fingerprint density at radius 1 is 0.388 bits per heavy atom. The van der Waals surface area contributed by atoms with E-state index in [1.165, 1.54) is 75.0 Å². The molecule has 49 heavy (non-hydrogen) atoms. The quantitative estimate of drug-likeness (QED) is 0.186. The fraction of sp³-hybridized carbons (Fsp3) is 0. The van der Waals surface area contributed by atoms with Crippen LogP contribution in [0, 0.1) is 0 Å². The molecule has 8 aromatic carbocycles. The number of para-hydroxylation sites is 2. The molecule has 0 aliphatic heterocycles. The van der Waals surface area contributed by atoms with Crippen molar-refractivity contribution in [3.8, 4) is 27.9 Å². The van der Waals surface area contributed by atoms with Gasteiger partial charge in [0.15, 0.2) is 0 Å². The normalized spacial score (nSPS) is 12.1. The van der Waals surface area contributed by atoms with Crippen LogP contribution in [0.15, 0.2) is 170 Å². The molecule has 0 N–H and O–H groups in total. The van der Waals surface area contributed by atoms with Crippen LogP contribution in [-0.2, 0) is 0 Å². The van der Waals surface area contributed by atoms with Gasteiger partial charge in [0.25, 0.3) is 0 Å². The summed E-state index contributed by atoms with van der Waals surface area (Å²) in [5.41, 5.74) is 12.1. The van der Waals surface area contributed by atoms with Crippen LogP contribution in [-0.4, -0.2) is 4.57 Å². The van der Waals surface area contributed by atoms with Gasteiger partial charge in [-0.25, -0.2) is 0 Å². The molecule has 228 valence electrons. The van der Waals surface area contributed by atoms with E-state index in [4.69, 9.17) is 0 Å². The maximum atomic E-state index is 2.47. The average Bonchev–Trinajstić information content (AvgIpc) is 3.67. The summed E-state index contributed by atoms with van der Waals surface area (Å²) in [6.07, 6.45) is 0. The SMILES string of the molecule is c1ccc(N(c2ccc3sc4ccccc4c3c2)c2cc3c4c5c6c(cccc6ccc5n(-c5ccccc5)c4c2)-c2ccccc2-3)cc1. The number of hydrogen-bond acceptors (Lipinski definition) is 2. The molecule has 1 aliphatic carbocycles. The summed E-state index contributed by atoms with van der Waals surface area (Å²) in [5, 5.41) is 7.82. The van der Waals surface area contributed by atoms with E-state index in [0.29, 0.717) is 0 Å². The largest absolute Gasteiger partial charge is 0.310 e. The predicted octanol–water partition coefficient (Wildman–Crippen LogP) is 13.4. The molecule has 0 amide bonds. The van der Waals surface area contributed by atoms with Crippen molar-refractivity contribution in [3.63, 3.8) is 0 Å². The number of fused-ring (bicyclic) bond motifs is 6. The third kappa shape index (κ3) is 3.82. The number of anilines is 3. The van der Waals surface area contributed by atoms with Gasteiger partial charge in [0.05, 0.1) is 11.0 Å². The number of thiophene rings is 1. The van der Waals surface area contributed by atoms with Crippen molar-refractivity contribution in [1.29, 1.82) is 0 Å². The molecule has 2 aromatic heterocycles. The standard InChI is InChI=1S/C46H28N2S/c1-3-13-30(14-4-1)47(32-23-25-43-38(26-32)36-19-9-10-21-42(36)49-43)33-27-39-35-18-8-7-17-34(35)37-20-11-12-29-22-24-40-46(44(29)37)45(39)41(28-33)48(40)31-15-5-2-6-16-31/h1-28H. The average molecular weight is 641 g/mol. The molecule has 0 saturated carbocycles. The molecule has 1 aliphatic rings. The summed E-state index contributed by atoms with van der Waals surface area (Å²) in [6.45, 7) is 0. The van der Waals surface area contributed by atoms with Gasteiger partial charge in [-0.05, 0) is 99.8 Å². The lowest BCUT2D eigenvalue weighted by molar-refractivity contribution is 1.18. The highest BCUT2D eigenvalue weighted by Crippen LogP contribution is 2.52. The summed E-state index contributed by atoms with van der Waals surface area (Å²) in [7, 11) is 0. The molecule has 10 aromatic rings. The molecule has 2 nitrogen and oxygen atoms in total. The zero-order valence-corrected chi connectivity index (χ0v) is 27.3. The molecule has 0 bridgehead atoms. The number of rotatable bonds is 4. The van der Waals surface area contributed by atoms with Crippen LogP contribution < -0.4 is 4.90 Å². The topological polar surface area (TPSA) is 8.17 Å². The Bertz CT molecular complexity index is 2930. The number of benzene rings is 8. The highest BCUT2D eigenvalue weighted by molar-refractivity contribution is 7.25. The molecule has 0 spiro atoms. The predicted molar refractivity (Wildman–Crippen MR) is 210 cm³/mol. The van der Waals surface area contributed by atoms with Crippen molar-refractivity contribution in [3.05, 3.63) is 170 Å². The molecule has 0 atom stereocenters. The van der Waals surface area contributed by atoms with Crippen molar-refractivity contribution < 1.29 is 0 Å². The molecule has 0 saturated heterocycles. The van der Waals surface area contributed by atoms with Crippen LogP contribution in [0.1, 0.15) is 0 Å². The number of nitrogens with zero attached hydrogens (tertiary/aromatic N) is 2.